The van der Waals surface area contributed by atoms with Crippen LogP contribution in [0.1, 0.15) is 20.8 Å². The molecule has 0 aliphatic heterocycles. The first-order valence-corrected chi connectivity index (χ1v) is 7.36. The molecule has 0 aromatic heterocycles. The molecule has 5 nitrogen and oxygen atoms in total. The normalized spacial score (nSPS) is 13.5. The number of nitrogens with one attached hydrogen (secondary N) is 1. The molecule has 0 saturated carbocycles. The summed E-state index contributed by atoms with van der Waals surface area (Å²) in [6, 6.07) is 0. The van der Waals surface area contributed by atoms with Crippen LogP contribution in [0.3, 0.4) is 0 Å². The standard InChI is InChI=1S/C9H19ClNO4P/c1-4-14-16(13,15-5-2)8(3)7-11-9(12)6-10/h8H,4-7H2,1-3H3,(H,11,12). The molecule has 1 atom stereocenters. The van der Waals surface area contributed by atoms with Crippen LogP contribution in [0, 0.1) is 0 Å². The summed E-state index contributed by atoms with van der Waals surface area (Å²) >= 11 is 5.33. The Morgan fingerprint density at radius 3 is 2.25 bits per heavy atom. The van der Waals surface area contributed by atoms with E-state index in [9.17, 15) is 9.36 Å². The van der Waals surface area contributed by atoms with E-state index in [0.29, 0.717) is 13.2 Å². The van der Waals surface area contributed by atoms with Gasteiger partial charge in [-0.15, -0.1) is 11.6 Å². The molecular formula is C9H19ClNO4P. The van der Waals surface area contributed by atoms with Gasteiger partial charge in [-0.2, -0.15) is 0 Å². The van der Waals surface area contributed by atoms with Crippen LogP contribution in [0.15, 0.2) is 0 Å². The highest BCUT2D eigenvalue weighted by molar-refractivity contribution is 7.54. The minimum absolute atomic E-state index is 0.111. The summed E-state index contributed by atoms with van der Waals surface area (Å²) in [6.45, 7) is 6.05. The van der Waals surface area contributed by atoms with Crippen molar-refractivity contribution in [3.63, 3.8) is 0 Å². The van der Waals surface area contributed by atoms with Crippen molar-refractivity contribution in [2.24, 2.45) is 0 Å². The lowest BCUT2D eigenvalue weighted by atomic mass is 10.4. The van der Waals surface area contributed by atoms with Gasteiger partial charge in [0.15, 0.2) is 0 Å². The molecule has 0 radical (unpaired) electrons. The summed E-state index contributed by atoms with van der Waals surface area (Å²) in [5.74, 6) is -0.409. The number of carbonyl (C=O) groups is 1. The minimum Gasteiger partial charge on any atom is -0.354 e. The van der Waals surface area contributed by atoms with Crippen molar-refractivity contribution in [1.82, 2.24) is 5.32 Å². The van der Waals surface area contributed by atoms with Crippen molar-refractivity contribution in [3.05, 3.63) is 0 Å². The molecule has 0 aliphatic rings. The fourth-order valence-corrected chi connectivity index (χ4v) is 2.78. The predicted octanol–water partition coefficient (Wildman–Crippen LogP) is 2.00. The van der Waals surface area contributed by atoms with E-state index < -0.39 is 7.60 Å². The molecule has 1 unspecified atom stereocenters. The van der Waals surface area contributed by atoms with Crippen LogP contribution in [-0.2, 0) is 18.4 Å². The monoisotopic (exact) mass is 271 g/mol. The van der Waals surface area contributed by atoms with Crippen molar-refractivity contribution >= 4 is 25.1 Å². The van der Waals surface area contributed by atoms with E-state index in [2.05, 4.69) is 5.32 Å². The average Bonchev–Trinajstić information content (AvgIpc) is 2.25. The molecule has 0 aromatic carbocycles. The first-order chi connectivity index (χ1) is 7.50. The largest absolute Gasteiger partial charge is 0.354 e. The third kappa shape index (κ3) is 5.30. The molecule has 16 heavy (non-hydrogen) atoms. The van der Waals surface area contributed by atoms with E-state index in [-0.39, 0.29) is 24.0 Å². The fourth-order valence-electron chi connectivity index (χ4n) is 1.07. The molecule has 0 spiro atoms. The maximum absolute atomic E-state index is 12.2. The number of carbonyl (C=O) groups excluding carboxylic acids is 1. The second-order valence-corrected chi connectivity index (χ2v) is 5.91. The Balaban J connectivity index is 4.32. The highest BCUT2D eigenvalue weighted by atomic mass is 35.5. The summed E-state index contributed by atoms with van der Waals surface area (Å²) in [4.78, 5) is 10.9. The lowest BCUT2D eigenvalue weighted by molar-refractivity contribution is -0.118. The smallest absolute Gasteiger partial charge is 0.335 e. The van der Waals surface area contributed by atoms with Crippen LogP contribution in [0.25, 0.3) is 0 Å². The Morgan fingerprint density at radius 1 is 1.38 bits per heavy atom. The summed E-state index contributed by atoms with van der Waals surface area (Å²) in [6.07, 6.45) is 0. The van der Waals surface area contributed by atoms with Gasteiger partial charge < -0.3 is 14.4 Å². The van der Waals surface area contributed by atoms with E-state index in [1.807, 2.05) is 0 Å². The van der Waals surface area contributed by atoms with Gasteiger partial charge in [-0.3, -0.25) is 9.36 Å². The van der Waals surface area contributed by atoms with Crippen LogP contribution in [0.5, 0.6) is 0 Å². The second-order valence-electron chi connectivity index (χ2n) is 3.16. The molecule has 1 N–H and O–H groups in total. The molecule has 1 amide bonds. The first kappa shape index (κ1) is 15.9. The number of rotatable bonds is 8. The molecule has 0 rings (SSSR count). The summed E-state index contributed by atoms with van der Waals surface area (Å²) in [5.41, 5.74) is -0.389. The Morgan fingerprint density at radius 2 is 1.88 bits per heavy atom. The molecular weight excluding hydrogens is 253 g/mol. The van der Waals surface area contributed by atoms with Crippen LogP contribution >= 0.6 is 19.2 Å². The summed E-state index contributed by atoms with van der Waals surface area (Å²) in [7, 11) is -3.13. The van der Waals surface area contributed by atoms with E-state index in [1.165, 1.54) is 0 Å². The molecule has 96 valence electrons. The van der Waals surface area contributed by atoms with Crippen molar-refractivity contribution in [1.29, 1.82) is 0 Å². The Kier molecular flexibility index (Phi) is 8.02. The van der Waals surface area contributed by atoms with E-state index in [4.69, 9.17) is 20.6 Å². The number of hydrogen-bond acceptors (Lipinski definition) is 4. The average molecular weight is 272 g/mol. The van der Waals surface area contributed by atoms with Crippen LogP contribution in [-0.4, -0.2) is 37.2 Å². The predicted molar refractivity (Wildman–Crippen MR) is 64.1 cm³/mol. The number of halogens is 1. The highest BCUT2D eigenvalue weighted by Crippen LogP contribution is 2.52. The lowest BCUT2D eigenvalue weighted by Gasteiger charge is -2.23. The number of amides is 1. The summed E-state index contributed by atoms with van der Waals surface area (Å²) in [5, 5.41) is 2.55. The molecule has 0 heterocycles. The molecule has 0 aliphatic carbocycles. The molecule has 0 fully saturated rings. The Hall–Kier alpha value is -0.0900. The Labute approximate surface area is 101 Å². The highest BCUT2D eigenvalue weighted by Gasteiger charge is 2.31. The Bertz CT molecular complexity index is 252. The SMILES string of the molecule is CCOP(=O)(OCC)C(C)CNC(=O)CCl. The zero-order chi connectivity index (χ0) is 12.6. The van der Waals surface area contributed by atoms with Gasteiger partial charge in [-0.1, -0.05) is 0 Å². The maximum atomic E-state index is 12.2. The second kappa shape index (κ2) is 8.07. The molecule has 0 saturated heterocycles. The topological polar surface area (TPSA) is 64.6 Å². The van der Waals surface area contributed by atoms with Gasteiger partial charge in [0.2, 0.25) is 5.91 Å². The van der Waals surface area contributed by atoms with Gasteiger partial charge in [0.25, 0.3) is 0 Å². The molecule has 0 bridgehead atoms. The van der Waals surface area contributed by atoms with Crippen LogP contribution < -0.4 is 5.32 Å². The number of hydrogen-bond donors (Lipinski definition) is 1. The number of alkyl halides is 1. The summed E-state index contributed by atoms with van der Waals surface area (Å²) < 4.78 is 22.5. The van der Waals surface area contributed by atoms with Crippen LogP contribution in [0.2, 0.25) is 0 Å². The van der Waals surface area contributed by atoms with Gasteiger partial charge >= 0.3 is 7.60 Å². The first-order valence-electron chi connectivity index (χ1n) is 5.21. The van der Waals surface area contributed by atoms with E-state index in [1.54, 1.807) is 20.8 Å². The van der Waals surface area contributed by atoms with Crippen LogP contribution in [0.4, 0.5) is 0 Å². The lowest BCUT2D eigenvalue weighted by Crippen LogP contribution is -2.32. The van der Waals surface area contributed by atoms with Gasteiger partial charge in [-0.05, 0) is 20.8 Å². The quantitative estimate of drug-likeness (QED) is 0.542. The zero-order valence-corrected chi connectivity index (χ0v) is 11.5. The van der Waals surface area contributed by atoms with Gasteiger partial charge in [-0.25, -0.2) is 0 Å². The van der Waals surface area contributed by atoms with E-state index in [0.717, 1.165) is 0 Å². The van der Waals surface area contributed by atoms with Gasteiger partial charge in [0.1, 0.15) is 5.88 Å². The van der Waals surface area contributed by atoms with Crippen molar-refractivity contribution < 1.29 is 18.4 Å². The van der Waals surface area contributed by atoms with Gasteiger partial charge in [0.05, 0.1) is 18.9 Å². The molecule has 0 aromatic rings. The fraction of sp³-hybridized carbons (Fsp3) is 0.889. The van der Waals surface area contributed by atoms with E-state index >= 15 is 0 Å². The third-order valence-electron chi connectivity index (χ3n) is 1.87. The van der Waals surface area contributed by atoms with Gasteiger partial charge in [0, 0.05) is 6.54 Å². The van der Waals surface area contributed by atoms with Crippen molar-refractivity contribution in [3.8, 4) is 0 Å². The van der Waals surface area contributed by atoms with Crippen molar-refractivity contribution in [2.45, 2.75) is 26.4 Å². The minimum atomic E-state index is -3.13. The third-order valence-corrected chi connectivity index (χ3v) is 4.62. The maximum Gasteiger partial charge on any atom is 0.335 e. The van der Waals surface area contributed by atoms with Crippen molar-refractivity contribution in [2.75, 3.05) is 25.6 Å². The zero-order valence-electron chi connectivity index (χ0n) is 9.86. The molecule has 7 heteroatoms.